The summed E-state index contributed by atoms with van der Waals surface area (Å²) in [4.78, 5) is 36.0. The van der Waals surface area contributed by atoms with Crippen molar-refractivity contribution in [3.05, 3.63) is 60.2 Å². The van der Waals surface area contributed by atoms with E-state index < -0.39 is 27.9 Å². The maximum absolute atomic E-state index is 13.2. The van der Waals surface area contributed by atoms with Crippen LogP contribution in [0.4, 0.5) is 5.69 Å². The number of benzene rings is 2. The maximum atomic E-state index is 13.2. The first-order chi connectivity index (χ1) is 15.3. The first-order valence-corrected chi connectivity index (χ1v) is 11.7. The first-order valence-electron chi connectivity index (χ1n) is 10.3. The number of carbonyl (C=O) groups is 3. The van der Waals surface area contributed by atoms with Crippen molar-refractivity contribution in [1.29, 1.82) is 0 Å². The van der Waals surface area contributed by atoms with E-state index in [1.54, 1.807) is 0 Å². The van der Waals surface area contributed by atoms with Crippen molar-refractivity contribution in [2.45, 2.75) is 30.7 Å². The highest BCUT2D eigenvalue weighted by molar-refractivity contribution is 7.89. The maximum Gasteiger partial charge on any atom is 0.243 e. The van der Waals surface area contributed by atoms with Gasteiger partial charge in [-0.2, -0.15) is 4.31 Å². The van der Waals surface area contributed by atoms with Crippen LogP contribution >= 0.6 is 0 Å². The van der Waals surface area contributed by atoms with E-state index >= 15 is 0 Å². The predicted octanol–water partition coefficient (Wildman–Crippen LogP) is 0.883. The molecule has 1 aliphatic heterocycles. The van der Waals surface area contributed by atoms with Gasteiger partial charge in [-0.25, -0.2) is 8.42 Å². The van der Waals surface area contributed by atoms with Crippen molar-refractivity contribution in [2.24, 2.45) is 0 Å². The third-order valence-corrected chi connectivity index (χ3v) is 6.94. The molecule has 32 heavy (non-hydrogen) atoms. The van der Waals surface area contributed by atoms with E-state index in [-0.39, 0.29) is 30.3 Å². The monoisotopic (exact) mass is 458 g/mol. The van der Waals surface area contributed by atoms with Crippen molar-refractivity contribution in [1.82, 2.24) is 14.9 Å². The van der Waals surface area contributed by atoms with Gasteiger partial charge in [0.1, 0.15) is 6.04 Å². The Balaban J connectivity index is 1.68. The molecule has 2 aromatic rings. The Morgan fingerprint density at radius 2 is 1.78 bits per heavy atom. The van der Waals surface area contributed by atoms with Gasteiger partial charge in [-0.3, -0.25) is 14.4 Å². The molecular weight excluding hydrogens is 432 g/mol. The van der Waals surface area contributed by atoms with Gasteiger partial charge in [-0.1, -0.05) is 30.3 Å². The van der Waals surface area contributed by atoms with Gasteiger partial charge in [0.05, 0.1) is 11.3 Å². The number of sulfonamides is 1. The van der Waals surface area contributed by atoms with Crippen LogP contribution in [0.25, 0.3) is 0 Å². The minimum atomic E-state index is -4.02. The van der Waals surface area contributed by atoms with E-state index in [0.717, 1.165) is 9.87 Å². The second-order valence-corrected chi connectivity index (χ2v) is 9.31. The molecule has 0 aromatic heterocycles. The van der Waals surface area contributed by atoms with Crippen LogP contribution in [-0.4, -0.2) is 56.1 Å². The summed E-state index contributed by atoms with van der Waals surface area (Å²) in [6.07, 6.45) is 0.357. The molecule has 1 fully saturated rings. The summed E-state index contributed by atoms with van der Waals surface area (Å²) in [5, 5.41) is 7.96. The van der Waals surface area contributed by atoms with Gasteiger partial charge < -0.3 is 16.0 Å². The Hall–Kier alpha value is -3.24. The minimum absolute atomic E-state index is 0.0178. The Bertz CT molecular complexity index is 1070. The number of hydrogen-bond donors (Lipinski definition) is 3. The Morgan fingerprint density at radius 1 is 1.09 bits per heavy atom. The number of piperazine rings is 1. The van der Waals surface area contributed by atoms with Crippen LogP contribution in [0.1, 0.15) is 18.9 Å². The summed E-state index contributed by atoms with van der Waals surface area (Å²) in [6.45, 7) is 1.96. The molecule has 1 atom stereocenters. The average molecular weight is 459 g/mol. The third kappa shape index (κ3) is 5.92. The van der Waals surface area contributed by atoms with Gasteiger partial charge in [-0.15, -0.1) is 0 Å². The molecule has 9 nitrogen and oxygen atoms in total. The van der Waals surface area contributed by atoms with Crippen molar-refractivity contribution < 1.29 is 22.8 Å². The van der Waals surface area contributed by atoms with E-state index in [2.05, 4.69) is 16.0 Å². The number of rotatable bonds is 8. The van der Waals surface area contributed by atoms with E-state index in [0.29, 0.717) is 18.7 Å². The van der Waals surface area contributed by atoms with Crippen LogP contribution in [0, 0.1) is 0 Å². The van der Waals surface area contributed by atoms with Crippen LogP contribution in [0.3, 0.4) is 0 Å². The molecule has 10 heteroatoms. The highest BCUT2D eigenvalue weighted by Crippen LogP contribution is 2.23. The van der Waals surface area contributed by atoms with Crippen LogP contribution in [0.5, 0.6) is 0 Å². The predicted molar refractivity (Wildman–Crippen MR) is 119 cm³/mol. The number of amides is 3. The molecule has 1 heterocycles. The fraction of sp³-hybridized carbons (Fsp3) is 0.318. The van der Waals surface area contributed by atoms with Crippen molar-refractivity contribution >= 4 is 33.4 Å². The normalized spacial score (nSPS) is 16.8. The zero-order valence-corrected chi connectivity index (χ0v) is 18.5. The molecule has 1 saturated heterocycles. The molecule has 1 aliphatic rings. The van der Waals surface area contributed by atoms with Crippen LogP contribution in [0.15, 0.2) is 59.5 Å². The van der Waals surface area contributed by atoms with E-state index in [9.17, 15) is 22.8 Å². The Morgan fingerprint density at radius 3 is 2.44 bits per heavy atom. The first kappa shape index (κ1) is 23.4. The smallest absolute Gasteiger partial charge is 0.243 e. The molecule has 0 unspecified atom stereocenters. The topological polar surface area (TPSA) is 125 Å². The van der Waals surface area contributed by atoms with Gasteiger partial charge >= 0.3 is 0 Å². The van der Waals surface area contributed by atoms with E-state index in [1.807, 2.05) is 30.3 Å². The summed E-state index contributed by atoms with van der Waals surface area (Å²) in [7, 11) is -4.02. The average Bonchev–Trinajstić information content (AvgIpc) is 2.76. The molecule has 0 aliphatic carbocycles. The summed E-state index contributed by atoms with van der Waals surface area (Å²) >= 11 is 0. The number of nitrogens with zero attached hydrogens (tertiary/aromatic N) is 1. The second-order valence-electron chi connectivity index (χ2n) is 7.42. The van der Waals surface area contributed by atoms with E-state index in [1.165, 1.54) is 31.2 Å². The summed E-state index contributed by atoms with van der Waals surface area (Å²) < 4.78 is 27.4. The lowest BCUT2D eigenvalue weighted by atomic mass is 10.1. The van der Waals surface area contributed by atoms with Crippen molar-refractivity contribution in [3.8, 4) is 0 Å². The lowest BCUT2D eigenvalue weighted by Gasteiger charge is -2.33. The molecule has 3 N–H and O–H groups in total. The molecule has 170 valence electrons. The third-order valence-electron chi connectivity index (χ3n) is 5.02. The number of carbonyl (C=O) groups excluding carboxylic acids is 3. The van der Waals surface area contributed by atoms with E-state index in [4.69, 9.17) is 0 Å². The largest absolute Gasteiger partial charge is 0.356 e. The van der Waals surface area contributed by atoms with Crippen LogP contribution in [-0.2, 0) is 30.8 Å². The van der Waals surface area contributed by atoms with Crippen LogP contribution in [0.2, 0.25) is 0 Å². The fourth-order valence-corrected chi connectivity index (χ4v) is 5.05. The number of hydrogen-bond acceptors (Lipinski definition) is 5. The zero-order chi connectivity index (χ0) is 23.1. The van der Waals surface area contributed by atoms with Crippen molar-refractivity contribution in [3.63, 3.8) is 0 Å². The lowest BCUT2D eigenvalue weighted by molar-refractivity contribution is -0.131. The van der Waals surface area contributed by atoms with Gasteiger partial charge in [0.25, 0.3) is 0 Å². The Kier molecular flexibility index (Phi) is 7.60. The number of anilines is 1. The van der Waals surface area contributed by atoms with Gasteiger partial charge in [0.2, 0.25) is 27.7 Å². The highest BCUT2D eigenvalue weighted by Gasteiger charge is 2.39. The Labute approximate surface area is 187 Å². The lowest BCUT2D eigenvalue weighted by Crippen LogP contribution is -2.58. The standard InChI is InChI=1S/C22H26N4O5S/c1-16(27)25-18-7-9-19(10-8-18)32(30,31)26-14-13-24-22(29)20(26)15-21(28)23-12-11-17-5-3-2-4-6-17/h2-10,20H,11-15H2,1H3,(H,23,28)(H,24,29)(H,25,27)/t20-/m0/s1. The second kappa shape index (κ2) is 10.4. The SMILES string of the molecule is CC(=O)Nc1ccc(S(=O)(=O)N2CCNC(=O)[C@@H]2CC(=O)NCCc2ccccc2)cc1. The number of nitrogens with one attached hydrogen (secondary N) is 3. The zero-order valence-electron chi connectivity index (χ0n) is 17.7. The molecule has 3 amide bonds. The summed E-state index contributed by atoms with van der Waals surface area (Å²) in [5.74, 6) is -1.18. The molecular formula is C22H26N4O5S. The molecule has 2 aromatic carbocycles. The van der Waals surface area contributed by atoms with Crippen molar-refractivity contribution in [2.75, 3.05) is 25.0 Å². The molecule has 0 spiro atoms. The van der Waals surface area contributed by atoms with Gasteiger partial charge in [0, 0.05) is 32.2 Å². The molecule has 0 bridgehead atoms. The molecule has 0 radical (unpaired) electrons. The summed E-state index contributed by atoms with van der Waals surface area (Å²) in [5.41, 5.74) is 1.53. The molecule has 3 rings (SSSR count). The minimum Gasteiger partial charge on any atom is -0.356 e. The summed E-state index contributed by atoms with van der Waals surface area (Å²) in [6, 6.07) is 14.2. The van der Waals surface area contributed by atoms with Crippen LogP contribution < -0.4 is 16.0 Å². The quantitative estimate of drug-likeness (QED) is 0.542. The van der Waals surface area contributed by atoms with Gasteiger partial charge in [-0.05, 0) is 36.2 Å². The fourth-order valence-electron chi connectivity index (χ4n) is 3.46. The highest BCUT2D eigenvalue weighted by atomic mass is 32.2. The van der Waals surface area contributed by atoms with Gasteiger partial charge in [0.15, 0.2) is 0 Å². The molecule has 0 saturated carbocycles.